The van der Waals surface area contributed by atoms with Gasteiger partial charge < -0.3 is 15.1 Å². The standard InChI is InChI=1S/C14H16N4O5/c1-17-9(6-12(20)18(2)14(17)22)7-15-11(19)8-16-13(21)10-4-3-5-23-10/h3-6H,7-8H2,1-2H3,(H,15,19)(H,16,21). The highest BCUT2D eigenvalue weighted by Gasteiger charge is 2.11. The van der Waals surface area contributed by atoms with Crippen molar-refractivity contribution in [1.29, 1.82) is 0 Å². The van der Waals surface area contributed by atoms with Crippen molar-refractivity contribution >= 4 is 11.8 Å². The third-order valence-corrected chi connectivity index (χ3v) is 3.25. The van der Waals surface area contributed by atoms with Crippen LogP contribution in [0.1, 0.15) is 16.2 Å². The second kappa shape index (κ2) is 6.77. The lowest BCUT2D eigenvalue weighted by molar-refractivity contribution is -0.120. The maximum absolute atomic E-state index is 11.7. The Morgan fingerprint density at radius 3 is 2.57 bits per heavy atom. The summed E-state index contributed by atoms with van der Waals surface area (Å²) in [5.41, 5.74) is -0.569. The van der Waals surface area contributed by atoms with Gasteiger partial charge in [0.1, 0.15) is 0 Å². The minimum atomic E-state index is -0.508. The van der Waals surface area contributed by atoms with E-state index in [-0.39, 0.29) is 18.8 Å². The molecule has 2 heterocycles. The number of aromatic nitrogens is 2. The zero-order valence-corrected chi connectivity index (χ0v) is 12.7. The van der Waals surface area contributed by atoms with Crippen LogP contribution in [-0.2, 0) is 25.4 Å². The lowest BCUT2D eigenvalue weighted by atomic mass is 10.3. The highest BCUT2D eigenvalue weighted by Crippen LogP contribution is 1.98. The molecule has 0 aliphatic carbocycles. The van der Waals surface area contributed by atoms with Crippen LogP contribution in [0.4, 0.5) is 0 Å². The zero-order valence-electron chi connectivity index (χ0n) is 12.7. The van der Waals surface area contributed by atoms with Gasteiger partial charge in [-0.25, -0.2) is 4.79 Å². The zero-order chi connectivity index (χ0) is 17.0. The number of nitrogens with zero attached hydrogens (tertiary/aromatic N) is 2. The van der Waals surface area contributed by atoms with Crippen LogP contribution in [-0.4, -0.2) is 27.5 Å². The van der Waals surface area contributed by atoms with Gasteiger partial charge in [0.05, 0.1) is 19.4 Å². The Morgan fingerprint density at radius 1 is 1.17 bits per heavy atom. The van der Waals surface area contributed by atoms with Crippen molar-refractivity contribution in [1.82, 2.24) is 19.8 Å². The topological polar surface area (TPSA) is 115 Å². The maximum atomic E-state index is 11.7. The number of furan rings is 1. The predicted molar refractivity (Wildman–Crippen MR) is 79.8 cm³/mol. The smallest absolute Gasteiger partial charge is 0.330 e. The van der Waals surface area contributed by atoms with Crippen molar-refractivity contribution in [3.8, 4) is 0 Å². The first-order valence-electron chi connectivity index (χ1n) is 6.74. The monoisotopic (exact) mass is 320 g/mol. The van der Waals surface area contributed by atoms with Crippen LogP contribution in [0.5, 0.6) is 0 Å². The van der Waals surface area contributed by atoms with E-state index < -0.39 is 23.1 Å². The van der Waals surface area contributed by atoms with Gasteiger partial charge in [-0.3, -0.25) is 23.5 Å². The van der Waals surface area contributed by atoms with E-state index in [9.17, 15) is 19.2 Å². The van der Waals surface area contributed by atoms with Crippen LogP contribution in [0.25, 0.3) is 0 Å². The first-order chi connectivity index (χ1) is 10.9. The maximum Gasteiger partial charge on any atom is 0.330 e. The molecular weight excluding hydrogens is 304 g/mol. The lowest BCUT2D eigenvalue weighted by Crippen LogP contribution is -2.41. The molecule has 0 saturated carbocycles. The minimum Gasteiger partial charge on any atom is -0.459 e. The predicted octanol–water partition coefficient (Wildman–Crippen LogP) is -1.28. The van der Waals surface area contributed by atoms with Gasteiger partial charge in [-0.2, -0.15) is 0 Å². The summed E-state index contributed by atoms with van der Waals surface area (Å²) in [7, 11) is 2.87. The molecule has 0 aromatic carbocycles. The molecule has 0 aliphatic rings. The van der Waals surface area contributed by atoms with Gasteiger partial charge in [0.25, 0.3) is 11.5 Å². The van der Waals surface area contributed by atoms with Crippen molar-refractivity contribution in [3.63, 3.8) is 0 Å². The number of hydrogen-bond donors (Lipinski definition) is 2. The van der Waals surface area contributed by atoms with Gasteiger partial charge in [-0.15, -0.1) is 0 Å². The van der Waals surface area contributed by atoms with E-state index in [1.54, 1.807) is 6.07 Å². The van der Waals surface area contributed by atoms with E-state index in [1.807, 2.05) is 0 Å². The molecule has 9 heteroatoms. The van der Waals surface area contributed by atoms with Crippen molar-refractivity contribution < 1.29 is 14.0 Å². The van der Waals surface area contributed by atoms with E-state index >= 15 is 0 Å². The fourth-order valence-electron chi connectivity index (χ4n) is 1.85. The fourth-order valence-corrected chi connectivity index (χ4v) is 1.85. The normalized spacial score (nSPS) is 10.3. The minimum absolute atomic E-state index is 0.00270. The van der Waals surface area contributed by atoms with Crippen molar-refractivity contribution in [2.24, 2.45) is 14.1 Å². The summed E-state index contributed by atoms with van der Waals surface area (Å²) in [6.07, 6.45) is 1.35. The van der Waals surface area contributed by atoms with Gasteiger partial charge in [-0.05, 0) is 12.1 Å². The molecule has 2 amide bonds. The van der Waals surface area contributed by atoms with Crippen LogP contribution in [0, 0.1) is 0 Å². The Balaban J connectivity index is 1.91. The molecule has 0 spiro atoms. The molecule has 0 unspecified atom stereocenters. The summed E-state index contributed by atoms with van der Waals surface area (Å²) in [5, 5.41) is 4.91. The van der Waals surface area contributed by atoms with Gasteiger partial charge in [-0.1, -0.05) is 0 Å². The summed E-state index contributed by atoms with van der Waals surface area (Å²) in [5.74, 6) is -0.865. The molecule has 0 saturated heterocycles. The molecule has 0 aliphatic heterocycles. The van der Waals surface area contributed by atoms with E-state index in [4.69, 9.17) is 4.42 Å². The van der Waals surface area contributed by atoms with Crippen LogP contribution >= 0.6 is 0 Å². The van der Waals surface area contributed by atoms with Gasteiger partial charge >= 0.3 is 5.69 Å². The highest BCUT2D eigenvalue weighted by atomic mass is 16.3. The quantitative estimate of drug-likeness (QED) is 0.712. The summed E-state index contributed by atoms with van der Waals surface area (Å²) in [6.45, 7) is -0.254. The van der Waals surface area contributed by atoms with Crippen molar-refractivity contribution in [3.05, 3.63) is 56.8 Å². The van der Waals surface area contributed by atoms with Gasteiger partial charge in [0.15, 0.2) is 5.76 Å². The van der Waals surface area contributed by atoms with Crippen LogP contribution in [0.15, 0.2) is 38.5 Å². The Morgan fingerprint density at radius 2 is 1.91 bits per heavy atom. The van der Waals surface area contributed by atoms with Crippen LogP contribution in [0.3, 0.4) is 0 Å². The number of amides is 2. The van der Waals surface area contributed by atoms with E-state index in [2.05, 4.69) is 10.6 Å². The first-order valence-corrected chi connectivity index (χ1v) is 6.74. The third-order valence-electron chi connectivity index (χ3n) is 3.25. The Bertz CT molecular complexity index is 832. The molecule has 2 N–H and O–H groups in total. The average molecular weight is 320 g/mol. The number of nitrogens with one attached hydrogen (secondary N) is 2. The molecule has 0 fully saturated rings. The number of rotatable bonds is 5. The van der Waals surface area contributed by atoms with E-state index in [0.717, 1.165) is 4.57 Å². The Labute approximate surface area is 130 Å². The molecule has 122 valence electrons. The number of carbonyl (C=O) groups excluding carboxylic acids is 2. The molecule has 2 aromatic heterocycles. The lowest BCUT2D eigenvalue weighted by Gasteiger charge is -2.10. The molecule has 2 aromatic rings. The molecule has 23 heavy (non-hydrogen) atoms. The first kappa shape index (κ1) is 16.3. The summed E-state index contributed by atoms with van der Waals surface area (Å²) < 4.78 is 7.13. The summed E-state index contributed by atoms with van der Waals surface area (Å²) >= 11 is 0. The van der Waals surface area contributed by atoms with Crippen LogP contribution < -0.4 is 21.9 Å². The largest absolute Gasteiger partial charge is 0.459 e. The van der Waals surface area contributed by atoms with E-state index in [1.165, 1.54) is 37.1 Å². The summed E-state index contributed by atoms with van der Waals surface area (Å²) in [4.78, 5) is 46.6. The second-order valence-corrected chi connectivity index (χ2v) is 4.81. The fraction of sp³-hybridized carbons (Fsp3) is 0.286. The average Bonchev–Trinajstić information content (AvgIpc) is 3.07. The Hall–Kier alpha value is -3.10. The number of carbonyl (C=O) groups is 2. The van der Waals surface area contributed by atoms with Crippen LogP contribution in [0.2, 0.25) is 0 Å². The van der Waals surface area contributed by atoms with Gasteiger partial charge in [0.2, 0.25) is 5.91 Å². The molecule has 2 rings (SSSR count). The second-order valence-electron chi connectivity index (χ2n) is 4.81. The Kier molecular flexibility index (Phi) is 4.79. The highest BCUT2D eigenvalue weighted by molar-refractivity contribution is 5.94. The van der Waals surface area contributed by atoms with Crippen molar-refractivity contribution in [2.45, 2.75) is 6.54 Å². The van der Waals surface area contributed by atoms with E-state index in [0.29, 0.717) is 5.69 Å². The van der Waals surface area contributed by atoms with Crippen molar-refractivity contribution in [2.75, 3.05) is 6.54 Å². The SMILES string of the molecule is Cn1c(CNC(=O)CNC(=O)c2ccco2)cc(=O)n(C)c1=O. The van der Waals surface area contributed by atoms with Gasteiger partial charge in [0, 0.05) is 25.9 Å². The molecule has 0 bridgehead atoms. The molecular formula is C14H16N4O5. The number of hydrogen-bond acceptors (Lipinski definition) is 5. The molecule has 9 nitrogen and oxygen atoms in total. The molecule has 0 radical (unpaired) electrons. The molecule has 0 atom stereocenters. The third kappa shape index (κ3) is 3.76. The summed E-state index contributed by atoms with van der Waals surface area (Å²) in [6, 6.07) is 4.30.